The van der Waals surface area contributed by atoms with Crippen LogP contribution in [0.4, 0.5) is 4.39 Å². The van der Waals surface area contributed by atoms with E-state index in [9.17, 15) is 9.50 Å². The maximum Gasteiger partial charge on any atom is 0.123 e. The average Bonchev–Trinajstić information content (AvgIpc) is 2.98. The molecular weight excluding hydrogens is 351 g/mol. The molecule has 3 aliphatic rings. The predicted molar refractivity (Wildman–Crippen MR) is 110 cm³/mol. The number of aliphatic hydroxyl groups is 1. The van der Waals surface area contributed by atoms with Crippen LogP contribution in [0.25, 0.3) is 5.57 Å². The molecule has 2 heterocycles. The van der Waals surface area contributed by atoms with Crippen LogP contribution in [0.1, 0.15) is 42.0 Å². The Hall–Kier alpha value is -2.01. The maximum atomic E-state index is 13.2. The summed E-state index contributed by atoms with van der Waals surface area (Å²) in [5, 5.41) is 15.0. The fraction of sp³-hybridized carbons (Fsp3) is 0.417. The van der Waals surface area contributed by atoms with Crippen molar-refractivity contribution < 1.29 is 9.50 Å². The quantitative estimate of drug-likeness (QED) is 0.837. The third kappa shape index (κ3) is 2.83. The lowest BCUT2D eigenvalue weighted by molar-refractivity contribution is 0.00151. The summed E-state index contributed by atoms with van der Waals surface area (Å²) >= 11 is 0. The molecule has 0 amide bonds. The molecule has 1 aliphatic carbocycles. The topological polar surface area (TPSA) is 35.5 Å². The molecular formula is C24H27FN2O. The van der Waals surface area contributed by atoms with Gasteiger partial charge in [-0.15, -0.1) is 0 Å². The molecule has 0 bridgehead atoms. The fourth-order valence-corrected chi connectivity index (χ4v) is 5.54. The van der Waals surface area contributed by atoms with E-state index in [-0.39, 0.29) is 23.4 Å². The first-order valence-corrected chi connectivity index (χ1v) is 10.4. The first kappa shape index (κ1) is 18.0. The van der Waals surface area contributed by atoms with Gasteiger partial charge in [-0.1, -0.05) is 42.5 Å². The van der Waals surface area contributed by atoms with Crippen LogP contribution in [0.5, 0.6) is 0 Å². The molecule has 2 atom stereocenters. The second-order valence-corrected chi connectivity index (χ2v) is 8.36. The highest BCUT2D eigenvalue weighted by molar-refractivity contribution is 5.66. The minimum atomic E-state index is -0.368. The summed E-state index contributed by atoms with van der Waals surface area (Å²) in [6.45, 7) is 3.66. The van der Waals surface area contributed by atoms with Gasteiger partial charge in [-0.2, -0.15) is 0 Å². The highest BCUT2D eigenvalue weighted by atomic mass is 19.1. The number of nitrogens with one attached hydrogen (secondary N) is 1. The SMILES string of the molecule is O[C@H]1[C@H](N2CC=C(c3ccc(F)cc3)CC2)c2ccccc2C12CCNCC2. The van der Waals surface area contributed by atoms with Gasteiger partial charge in [0.05, 0.1) is 12.1 Å². The number of aliphatic hydroxyl groups excluding tert-OH is 1. The number of benzene rings is 2. The lowest BCUT2D eigenvalue weighted by Gasteiger charge is -2.41. The summed E-state index contributed by atoms with van der Waals surface area (Å²) in [6.07, 6.45) is 4.79. The Labute approximate surface area is 165 Å². The summed E-state index contributed by atoms with van der Waals surface area (Å²) < 4.78 is 13.2. The number of rotatable bonds is 2. The van der Waals surface area contributed by atoms with Crippen molar-refractivity contribution in [2.24, 2.45) is 0 Å². The van der Waals surface area contributed by atoms with Crippen LogP contribution >= 0.6 is 0 Å². The summed E-state index contributed by atoms with van der Waals surface area (Å²) in [7, 11) is 0. The number of piperidine rings is 1. The van der Waals surface area contributed by atoms with Gasteiger partial charge in [0, 0.05) is 18.5 Å². The van der Waals surface area contributed by atoms with E-state index in [1.165, 1.54) is 28.8 Å². The van der Waals surface area contributed by atoms with Crippen molar-refractivity contribution in [1.29, 1.82) is 0 Å². The summed E-state index contributed by atoms with van der Waals surface area (Å²) in [5.74, 6) is -0.195. The van der Waals surface area contributed by atoms with Gasteiger partial charge in [-0.05, 0) is 66.7 Å². The third-order valence-corrected chi connectivity index (χ3v) is 7.03. The zero-order valence-electron chi connectivity index (χ0n) is 16.1. The molecule has 0 aromatic heterocycles. The van der Waals surface area contributed by atoms with Crippen LogP contribution in [-0.4, -0.2) is 42.3 Å². The van der Waals surface area contributed by atoms with Gasteiger partial charge in [-0.3, -0.25) is 4.90 Å². The number of hydrogen-bond donors (Lipinski definition) is 2. The van der Waals surface area contributed by atoms with Crippen molar-refractivity contribution in [3.63, 3.8) is 0 Å². The Balaban J connectivity index is 1.43. The molecule has 2 aliphatic heterocycles. The maximum absolute atomic E-state index is 13.2. The number of fused-ring (bicyclic) bond motifs is 2. The van der Waals surface area contributed by atoms with E-state index in [0.717, 1.165) is 51.0 Å². The molecule has 146 valence electrons. The average molecular weight is 378 g/mol. The van der Waals surface area contributed by atoms with E-state index in [4.69, 9.17) is 0 Å². The van der Waals surface area contributed by atoms with Gasteiger partial charge >= 0.3 is 0 Å². The molecule has 2 N–H and O–H groups in total. The van der Waals surface area contributed by atoms with Crippen LogP contribution < -0.4 is 5.32 Å². The van der Waals surface area contributed by atoms with E-state index in [1.807, 2.05) is 12.1 Å². The van der Waals surface area contributed by atoms with E-state index < -0.39 is 0 Å². The fourth-order valence-electron chi connectivity index (χ4n) is 5.54. The first-order valence-electron chi connectivity index (χ1n) is 10.4. The molecule has 0 saturated carbocycles. The van der Waals surface area contributed by atoms with Crippen molar-refractivity contribution in [2.45, 2.75) is 36.8 Å². The van der Waals surface area contributed by atoms with Crippen molar-refractivity contribution in [1.82, 2.24) is 10.2 Å². The van der Waals surface area contributed by atoms with Crippen molar-refractivity contribution >= 4 is 5.57 Å². The molecule has 2 aromatic rings. The van der Waals surface area contributed by atoms with Crippen molar-refractivity contribution in [2.75, 3.05) is 26.2 Å². The van der Waals surface area contributed by atoms with Gasteiger partial charge in [0.15, 0.2) is 0 Å². The monoisotopic (exact) mass is 378 g/mol. The van der Waals surface area contributed by atoms with Gasteiger partial charge in [0.25, 0.3) is 0 Å². The van der Waals surface area contributed by atoms with Gasteiger partial charge < -0.3 is 10.4 Å². The zero-order chi connectivity index (χ0) is 19.1. The third-order valence-electron chi connectivity index (χ3n) is 7.03. The number of hydrogen-bond acceptors (Lipinski definition) is 3. The van der Waals surface area contributed by atoms with Gasteiger partial charge in [0.2, 0.25) is 0 Å². The lowest BCUT2D eigenvalue weighted by Crippen LogP contribution is -2.49. The van der Waals surface area contributed by atoms with E-state index in [0.29, 0.717) is 0 Å². The minimum absolute atomic E-state index is 0.0558. The number of nitrogens with zero attached hydrogens (tertiary/aromatic N) is 1. The smallest absolute Gasteiger partial charge is 0.123 e. The Kier molecular flexibility index (Phi) is 4.58. The van der Waals surface area contributed by atoms with E-state index in [2.05, 4.69) is 40.6 Å². The lowest BCUT2D eigenvalue weighted by atomic mass is 9.72. The minimum Gasteiger partial charge on any atom is -0.390 e. The van der Waals surface area contributed by atoms with Gasteiger partial charge in [0.1, 0.15) is 5.82 Å². The molecule has 4 heteroatoms. The Bertz CT molecular complexity index is 886. The van der Waals surface area contributed by atoms with Crippen LogP contribution in [0.3, 0.4) is 0 Å². The van der Waals surface area contributed by atoms with Gasteiger partial charge in [-0.25, -0.2) is 4.39 Å². The largest absolute Gasteiger partial charge is 0.390 e. The Morgan fingerprint density at radius 3 is 2.50 bits per heavy atom. The molecule has 28 heavy (non-hydrogen) atoms. The highest BCUT2D eigenvalue weighted by Crippen LogP contribution is 2.52. The first-order chi connectivity index (χ1) is 13.7. The Morgan fingerprint density at radius 2 is 1.79 bits per heavy atom. The van der Waals surface area contributed by atoms with Crippen LogP contribution in [0.2, 0.25) is 0 Å². The second-order valence-electron chi connectivity index (χ2n) is 8.36. The molecule has 3 nitrogen and oxygen atoms in total. The molecule has 1 spiro atoms. The molecule has 1 saturated heterocycles. The molecule has 5 rings (SSSR count). The van der Waals surface area contributed by atoms with Crippen LogP contribution in [0, 0.1) is 5.82 Å². The van der Waals surface area contributed by atoms with E-state index >= 15 is 0 Å². The standard InChI is InChI=1S/C24H27FN2O/c25-19-7-5-17(6-8-19)18-9-15-27(16-10-18)22-20-3-1-2-4-21(20)24(23(22)28)11-13-26-14-12-24/h1-9,22-23,26,28H,10-16H2/t22-,23+/m1/s1. The van der Waals surface area contributed by atoms with Crippen molar-refractivity contribution in [3.05, 3.63) is 77.1 Å². The van der Waals surface area contributed by atoms with Crippen LogP contribution in [-0.2, 0) is 5.41 Å². The summed E-state index contributed by atoms with van der Waals surface area (Å²) in [4.78, 5) is 2.42. The zero-order valence-corrected chi connectivity index (χ0v) is 16.1. The van der Waals surface area contributed by atoms with E-state index in [1.54, 1.807) is 0 Å². The Morgan fingerprint density at radius 1 is 1.04 bits per heavy atom. The summed E-state index contributed by atoms with van der Waals surface area (Å²) in [5.41, 5.74) is 4.91. The molecule has 0 unspecified atom stereocenters. The second kappa shape index (κ2) is 7.11. The molecule has 0 radical (unpaired) electrons. The molecule has 1 fully saturated rings. The van der Waals surface area contributed by atoms with Crippen LogP contribution in [0.15, 0.2) is 54.6 Å². The predicted octanol–water partition coefficient (Wildman–Crippen LogP) is 3.65. The highest BCUT2D eigenvalue weighted by Gasteiger charge is 2.53. The molecule has 2 aromatic carbocycles. The normalized spacial score (nSPS) is 26.9. The number of halogens is 1. The summed E-state index contributed by atoms with van der Waals surface area (Å²) in [6, 6.07) is 15.5. The van der Waals surface area contributed by atoms with Crippen molar-refractivity contribution in [3.8, 4) is 0 Å².